The number of carbonyl (C=O) groups is 2. The molecular formula is C16H14Cl2N4O2. The smallest absolute Gasteiger partial charge is 0.240 e. The molecule has 0 spiro atoms. The second kappa shape index (κ2) is 9.00. The van der Waals surface area contributed by atoms with E-state index in [1.54, 1.807) is 36.7 Å². The molecule has 0 fully saturated rings. The van der Waals surface area contributed by atoms with Crippen LogP contribution in [0.4, 0.5) is 5.69 Å². The van der Waals surface area contributed by atoms with Gasteiger partial charge < -0.3 is 5.32 Å². The van der Waals surface area contributed by atoms with E-state index < -0.39 is 0 Å². The minimum Gasteiger partial charge on any atom is -0.325 e. The van der Waals surface area contributed by atoms with Crippen molar-refractivity contribution in [2.45, 2.75) is 12.8 Å². The fraction of sp³-hybridized carbons (Fsp3) is 0.125. The molecule has 2 N–H and O–H groups in total. The minimum atomic E-state index is -0.368. The van der Waals surface area contributed by atoms with Gasteiger partial charge in [0.1, 0.15) is 0 Å². The molecule has 124 valence electrons. The Hall–Kier alpha value is -2.44. The predicted molar refractivity (Wildman–Crippen MR) is 94.3 cm³/mol. The van der Waals surface area contributed by atoms with Crippen molar-refractivity contribution in [3.8, 4) is 0 Å². The number of benzene rings is 1. The number of pyridine rings is 1. The molecule has 2 rings (SSSR count). The summed E-state index contributed by atoms with van der Waals surface area (Å²) in [4.78, 5) is 27.4. The number of nitrogens with one attached hydrogen (secondary N) is 2. The fourth-order valence-electron chi connectivity index (χ4n) is 1.72. The zero-order valence-corrected chi connectivity index (χ0v) is 14.0. The van der Waals surface area contributed by atoms with Crippen LogP contribution < -0.4 is 10.7 Å². The van der Waals surface area contributed by atoms with Crippen LogP contribution in [0.15, 0.2) is 47.8 Å². The molecule has 6 nitrogen and oxygen atoms in total. The number of nitrogens with zero attached hydrogens (tertiary/aromatic N) is 2. The third-order valence-corrected chi connectivity index (χ3v) is 3.42. The normalized spacial score (nSPS) is 10.6. The van der Waals surface area contributed by atoms with Gasteiger partial charge in [-0.25, -0.2) is 5.43 Å². The van der Waals surface area contributed by atoms with Gasteiger partial charge in [-0.05, 0) is 24.3 Å². The van der Waals surface area contributed by atoms with Gasteiger partial charge in [0.15, 0.2) is 0 Å². The Morgan fingerprint density at radius 2 is 1.96 bits per heavy atom. The Kier molecular flexibility index (Phi) is 6.72. The quantitative estimate of drug-likeness (QED) is 0.609. The van der Waals surface area contributed by atoms with Gasteiger partial charge in [0.2, 0.25) is 11.8 Å². The van der Waals surface area contributed by atoms with Crippen molar-refractivity contribution in [1.29, 1.82) is 0 Å². The summed E-state index contributed by atoms with van der Waals surface area (Å²) in [6.07, 6.45) is 4.73. The summed E-state index contributed by atoms with van der Waals surface area (Å²) < 4.78 is 0. The third-order valence-electron chi connectivity index (χ3n) is 2.87. The Balaban J connectivity index is 1.75. The summed E-state index contributed by atoms with van der Waals surface area (Å²) in [5.41, 5.74) is 3.55. The molecule has 24 heavy (non-hydrogen) atoms. The van der Waals surface area contributed by atoms with Gasteiger partial charge in [-0.2, -0.15) is 5.10 Å². The van der Waals surface area contributed by atoms with Gasteiger partial charge in [0.25, 0.3) is 0 Å². The molecule has 8 heteroatoms. The molecule has 0 unspecified atom stereocenters. The molecule has 1 heterocycles. The second-order valence-electron chi connectivity index (χ2n) is 4.75. The van der Waals surface area contributed by atoms with Crippen molar-refractivity contribution in [2.75, 3.05) is 5.32 Å². The van der Waals surface area contributed by atoms with Crippen molar-refractivity contribution in [2.24, 2.45) is 5.10 Å². The molecule has 0 atom stereocenters. The Bertz CT molecular complexity index is 751. The highest BCUT2D eigenvalue weighted by Gasteiger charge is 2.09. The lowest BCUT2D eigenvalue weighted by Gasteiger charge is -2.07. The van der Waals surface area contributed by atoms with Crippen LogP contribution in [0, 0.1) is 0 Å². The average Bonchev–Trinajstić information content (AvgIpc) is 2.56. The van der Waals surface area contributed by atoms with E-state index in [9.17, 15) is 9.59 Å². The number of aromatic nitrogens is 1. The SMILES string of the molecule is O=C(CCC(=O)Nc1ccc(Cl)cc1Cl)NN=Cc1cccnc1. The first-order chi connectivity index (χ1) is 11.5. The van der Waals surface area contributed by atoms with Crippen molar-refractivity contribution in [3.63, 3.8) is 0 Å². The Morgan fingerprint density at radius 1 is 1.17 bits per heavy atom. The number of rotatable bonds is 6. The van der Waals surface area contributed by atoms with E-state index in [-0.39, 0.29) is 24.7 Å². The molecule has 0 bridgehead atoms. The van der Waals surface area contributed by atoms with E-state index in [2.05, 4.69) is 20.8 Å². The number of carbonyl (C=O) groups excluding carboxylic acids is 2. The van der Waals surface area contributed by atoms with Gasteiger partial charge >= 0.3 is 0 Å². The lowest BCUT2D eigenvalue weighted by atomic mass is 10.2. The second-order valence-corrected chi connectivity index (χ2v) is 5.60. The predicted octanol–water partition coefficient (Wildman–Crippen LogP) is 3.26. The first-order valence-corrected chi connectivity index (χ1v) is 7.77. The first kappa shape index (κ1) is 17.9. The van der Waals surface area contributed by atoms with Crippen molar-refractivity contribution in [3.05, 3.63) is 58.3 Å². The zero-order valence-electron chi connectivity index (χ0n) is 12.5. The molecule has 0 saturated heterocycles. The molecule has 2 amide bonds. The monoisotopic (exact) mass is 364 g/mol. The van der Waals surface area contributed by atoms with Gasteiger partial charge in [0.05, 0.1) is 16.9 Å². The van der Waals surface area contributed by atoms with Crippen molar-refractivity contribution >= 4 is 46.9 Å². The third kappa shape index (κ3) is 5.98. The highest BCUT2D eigenvalue weighted by molar-refractivity contribution is 6.36. The molecule has 0 saturated carbocycles. The van der Waals surface area contributed by atoms with Gasteiger partial charge in [-0.15, -0.1) is 0 Å². The number of amides is 2. The van der Waals surface area contributed by atoms with E-state index in [0.717, 1.165) is 5.56 Å². The maximum absolute atomic E-state index is 11.8. The maximum atomic E-state index is 11.8. The van der Waals surface area contributed by atoms with Crippen LogP contribution in [0.3, 0.4) is 0 Å². The van der Waals surface area contributed by atoms with E-state index in [1.807, 2.05) is 0 Å². The van der Waals surface area contributed by atoms with E-state index >= 15 is 0 Å². The molecule has 2 aromatic rings. The number of anilines is 1. The number of hydrogen-bond donors (Lipinski definition) is 2. The summed E-state index contributed by atoms with van der Waals surface area (Å²) in [5.74, 6) is -0.696. The summed E-state index contributed by atoms with van der Waals surface area (Å²) in [5, 5.41) is 7.22. The molecule has 1 aromatic heterocycles. The summed E-state index contributed by atoms with van der Waals surface area (Å²) in [6, 6.07) is 8.30. The zero-order chi connectivity index (χ0) is 17.4. The average molecular weight is 365 g/mol. The van der Waals surface area contributed by atoms with Crippen LogP contribution in [0.2, 0.25) is 10.0 Å². The molecular weight excluding hydrogens is 351 g/mol. The van der Waals surface area contributed by atoms with E-state index in [1.165, 1.54) is 12.3 Å². The highest BCUT2D eigenvalue weighted by Crippen LogP contribution is 2.25. The van der Waals surface area contributed by atoms with Crippen LogP contribution in [0.25, 0.3) is 0 Å². The Labute approximate surface area is 148 Å². The summed E-state index contributed by atoms with van der Waals surface area (Å²) in [7, 11) is 0. The Morgan fingerprint density at radius 3 is 2.67 bits per heavy atom. The van der Waals surface area contributed by atoms with Crippen molar-refractivity contribution < 1.29 is 9.59 Å². The molecule has 1 aromatic carbocycles. The summed E-state index contributed by atoms with van der Waals surface area (Å²) >= 11 is 11.7. The lowest BCUT2D eigenvalue weighted by molar-refractivity contribution is -0.124. The van der Waals surface area contributed by atoms with Crippen LogP contribution in [0.1, 0.15) is 18.4 Å². The van der Waals surface area contributed by atoms with Gasteiger partial charge in [0, 0.05) is 35.8 Å². The summed E-state index contributed by atoms with van der Waals surface area (Å²) in [6.45, 7) is 0. The highest BCUT2D eigenvalue weighted by atomic mass is 35.5. The first-order valence-electron chi connectivity index (χ1n) is 7.01. The number of hydrazone groups is 1. The van der Waals surface area contributed by atoms with E-state index in [4.69, 9.17) is 23.2 Å². The lowest BCUT2D eigenvalue weighted by Crippen LogP contribution is -2.20. The van der Waals surface area contributed by atoms with Crippen LogP contribution in [-0.4, -0.2) is 23.0 Å². The molecule has 0 aliphatic rings. The maximum Gasteiger partial charge on any atom is 0.240 e. The topological polar surface area (TPSA) is 83.5 Å². The molecule has 0 radical (unpaired) electrons. The largest absolute Gasteiger partial charge is 0.325 e. The minimum absolute atomic E-state index is 0.00141. The van der Waals surface area contributed by atoms with E-state index in [0.29, 0.717) is 15.7 Å². The van der Waals surface area contributed by atoms with Gasteiger partial charge in [-0.3, -0.25) is 14.6 Å². The number of hydrogen-bond acceptors (Lipinski definition) is 4. The van der Waals surface area contributed by atoms with Crippen LogP contribution in [-0.2, 0) is 9.59 Å². The molecule has 0 aliphatic heterocycles. The molecule has 0 aliphatic carbocycles. The number of halogens is 2. The van der Waals surface area contributed by atoms with Gasteiger partial charge in [-0.1, -0.05) is 29.3 Å². The van der Waals surface area contributed by atoms with Crippen molar-refractivity contribution in [1.82, 2.24) is 10.4 Å². The van der Waals surface area contributed by atoms with Crippen LogP contribution >= 0.6 is 23.2 Å². The standard InChI is InChI=1S/C16H14Cl2N4O2/c17-12-3-4-14(13(18)8-12)21-15(23)5-6-16(24)22-20-10-11-2-1-7-19-9-11/h1-4,7-10H,5-6H2,(H,21,23)(H,22,24). The van der Waals surface area contributed by atoms with Crippen LogP contribution in [0.5, 0.6) is 0 Å². The fourth-order valence-corrected chi connectivity index (χ4v) is 2.17.